The Hall–Kier alpha value is -3.79. The van der Waals surface area contributed by atoms with Gasteiger partial charge in [0.2, 0.25) is 11.8 Å². The quantitative estimate of drug-likeness (QED) is 0.622. The van der Waals surface area contributed by atoms with E-state index < -0.39 is 17.2 Å². The van der Waals surface area contributed by atoms with Gasteiger partial charge in [-0.2, -0.15) is 5.26 Å². The lowest BCUT2D eigenvalue weighted by atomic mass is 9.84. The third kappa shape index (κ3) is 2.28. The Kier molecular flexibility index (Phi) is 3.18. The van der Waals surface area contributed by atoms with Crippen molar-refractivity contribution in [2.45, 2.75) is 5.92 Å². The molecule has 0 radical (unpaired) electrons. The van der Waals surface area contributed by atoms with Gasteiger partial charge >= 0.3 is 5.69 Å². The van der Waals surface area contributed by atoms with E-state index in [1.807, 2.05) is 48.5 Å². The smallest absolute Gasteiger partial charge is 0.328 e. The molecule has 0 saturated carbocycles. The van der Waals surface area contributed by atoms with Crippen LogP contribution in [0.3, 0.4) is 0 Å². The molecule has 7 nitrogen and oxygen atoms in total. The van der Waals surface area contributed by atoms with Crippen LogP contribution in [0.1, 0.15) is 17.0 Å². The van der Waals surface area contributed by atoms with E-state index in [1.165, 1.54) is 0 Å². The first-order valence-corrected chi connectivity index (χ1v) is 7.51. The zero-order valence-corrected chi connectivity index (χ0v) is 12.9. The standard InChI is InChI=1S/C18H12N4O3/c19-8-12-13(11-6-5-9-3-1-2-4-10(9)7-11)14-16(23)21-18(24)22-17(14)25-15(12)20/h1-7,13H,20H2,(H2,21,22,23,24). The van der Waals surface area contributed by atoms with Crippen LogP contribution in [0.15, 0.2) is 63.5 Å². The molecule has 0 aliphatic carbocycles. The molecule has 4 rings (SSSR count). The second-order valence-electron chi connectivity index (χ2n) is 5.68. The molecule has 4 N–H and O–H groups in total. The van der Waals surface area contributed by atoms with Crippen LogP contribution in [0.5, 0.6) is 5.88 Å². The zero-order valence-electron chi connectivity index (χ0n) is 12.9. The molecule has 1 atom stereocenters. The van der Waals surface area contributed by atoms with Gasteiger partial charge in [0.1, 0.15) is 11.6 Å². The van der Waals surface area contributed by atoms with Crippen LogP contribution in [0.2, 0.25) is 0 Å². The van der Waals surface area contributed by atoms with Crippen LogP contribution in [-0.2, 0) is 0 Å². The number of H-pyrrole nitrogens is 2. The normalized spacial score (nSPS) is 16.2. The third-order valence-corrected chi connectivity index (χ3v) is 4.23. The monoisotopic (exact) mass is 332 g/mol. The van der Waals surface area contributed by atoms with E-state index in [0.717, 1.165) is 10.8 Å². The number of benzene rings is 2. The number of nitriles is 1. The average Bonchev–Trinajstić information content (AvgIpc) is 2.59. The molecule has 7 heteroatoms. The lowest BCUT2D eigenvalue weighted by molar-refractivity contribution is 0.373. The first kappa shape index (κ1) is 14.8. The highest BCUT2D eigenvalue weighted by molar-refractivity contribution is 5.83. The van der Waals surface area contributed by atoms with Gasteiger partial charge in [-0.05, 0) is 16.3 Å². The lowest BCUT2D eigenvalue weighted by Crippen LogP contribution is -2.33. The number of aromatic amines is 2. The highest BCUT2D eigenvalue weighted by atomic mass is 16.5. The topological polar surface area (TPSA) is 125 Å². The molecule has 2 aromatic carbocycles. The van der Waals surface area contributed by atoms with E-state index in [0.29, 0.717) is 5.56 Å². The summed E-state index contributed by atoms with van der Waals surface area (Å²) in [5.41, 5.74) is 5.52. The van der Waals surface area contributed by atoms with Crippen molar-refractivity contribution < 1.29 is 4.74 Å². The minimum Gasteiger partial charge on any atom is -0.424 e. The maximum Gasteiger partial charge on any atom is 0.328 e. The van der Waals surface area contributed by atoms with E-state index >= 15 is 0 Å². The van der Waals surface area contributed by atoms with Gasteiger partial charge in [0.25, 0.3) is 5.56 Å². The number of rotatable bonds is 1. The second-order valence-corrected chi connectivity index (χ2v) is 5.68. The number of nitrogens with zero attached hydrogens (tertiary/aromatic N) is 1. The van der Waals surface area contributed by atoms with Gasteiger partial charge in [0.05, 0.1) is 11.5 Å². The number of fused-ring (bicyclic) bond motifs is 2. The maximum atomic E-state index is 12.4. The predicted octanol–water partition coefficient (Wildman–Crippen LogP) is 1.43. The van der Waals surface area contributed by atoms with Crippen LogP contribution in [0.25, 0.3) is 10.8 Å². The van der Waals surface area contributed by atoms with Crippen LogP contribution >= 0.6 is 0 Å². The summed E-state index contributed by atoms with van der Waals surface area (Å²) >= 11 is 0. The highest BCUT2D eigenvalue weighted by Crippen LogP contribution is 2.39. The summed E-state index contributed by atoms with van der Waals surface area (Å²) in [7, 11) is 0. The van der Waals surface area contributed by atoms with Crippen LogP contribution in [0, 0.1) is 11.3 Å². The molecule has 1 aliphatic heterocycles. The first-order chi connectivity index (χ1) is 12.1. The maximum absolute atomic E-state index is 12.4. The van der Waals surface area contributed by atoms with Gasteiger partial charge in [-0.15, -0.1) is 0 Å². The Bertz CT molecular complexity index is 1200. The minimum absolute atomic E-state index is 0.0385. The Labute approximate surface area is 141 Å². The predicted molar refractivity (Wildman–Crippen MR) is 90.9 cm³/mol. The van der Waals surface area contributed by atoms with E-state index in [-0.39, 0.29) is 22.9 Å². The fourth-order valence-electron chi connectivity index (χ4n) is 3.11. The molecular formula is C18H12N4O3. The van der Waals surface area contributed by atoms with Gasteiger partial charge in [-0.3, -0.25) is 14.8 Å². The van der Waals surface area contributed by atoms with Crippen LogP contribution < -0.4 is 21.7 Å². The second kappa shape index (κ2) is 5.39. The summed E-state index contributed by atoms with van der Waals surface area (Å²) in [6.07, 6.45) is 0. The van der Waals surface area contributed by atoms with Gasteiger partial charge in [0, 0.05) is 0 Å². The number of ether oxygens (including phenoxy) is 1. The van der Waals surface area contributed by atoms with Crippen molar-refractivity contribution >= 4 is 10.8 Å². The summed E-state index contributed by atoms with van der Waals surface area (Å²) in [5, 5.41) is 11.5. The number of aromatic nitrogens is 2. The molecule has 0 bridgehead atoms. The summed E-state index contributed by atoms with van der Waals surface area (Å²) in [5.74, 6) is -0.892. The molecule has 0 amide bonds. The number of nitrogens with one attached hydrogen (secondary N) is 2. The molecule has 0 saturated heterocycles. The molecule has 1 unspecified atom stereocenters. The fourth-order valence-corrected chi connectivity index (χ4v) is 3.11. The van der Waals surface area contributed by atoms with Crippen LogP contribution in [0.4, 0.5) is 0 Å². The van der Waals surface area contributed by atoms with Gasteiger partial charge in [-0.1, -0.05) is 42.5 Å². The summed E-state index contributed by atoms with van der Waals surface area (Å²) in [6, 6.07) is 15.4. The van der Waals surface area contributed by atoms with Crippen molar-refractivity contribution in [2.24, 2.45) is 5.73 Å². The van der Waals surface area contributed by atoms with Crippen molar-refractivity contribution in [3.63, 3.8) is 0 Å². The lowest BCUT2D eigenvalue weighted by Gasteiger charge is -2.24. The van der Waals surface area contributed by atoms with Crippen molar-refractivity contribution in [3.05, 3.63) is 85.9 Å². The zero-order chi connectivity index (χ0) is 17.6. The number of hydrogen-bond acceptors (Lipinski definition) is 5. The molecule has 1 aliphatic rings. The van der Waals surface area contributed by atoms with Gasteiger partial charge < -0.3 is 10.5 Å². The Morgan fingerprint density at radius 1 is 1.08 bits per heavy atom. The van der Waals surface area contributed by atoms with E-state index in [9.17, 15) is 14.9 Å². The molecule has 3 aromatic rings. The summed E-state index contributed by atoms with van der Waals surface area (Å²) < 4.78 is 5.30. The number of nitrogens with two attached hydrogens (primary N) is 1. The van der Waals surface area contributed by atoms with E-state index in [4.69, 9.17) is 10.5 Å². The van der Waals surface area contributed by atoms with Crippen LogP contribution in [-0.4, -0.2) is 9.97 Å². The SMILES string of the molecule is N#CC1=C(N)Oc2[nH]c(=O)[nH]c(=O)c2C1c1ccc2ccccc2c1. The highest BCUT2D eigenvalue weighted by Gasteiger charge is 2.34. The first-order valence-electron chi connectivity index (χ1n) is 7.51. The van der Waals surface area contributed by atoms with Gasteiger partial charge in [0.15, 0.2) is 0 Å². The molecule has 0 spiro atoms. The summed E-state index contributed by atoms with van der Waals surface area (Å²) in [6.45, 7) is 0. The average molecular weight is 332 g/mol. The Morgan fingerprint density at radius 3 is 2.60 bits per heavy atom. The number of hydrogen-bond donors (Lipinski definition) is 3. The molecule has 2 heterocycles. The molecule has 25 heavy (non-hydrogen) atoms. The molecular weight excluding hydrogens is 320 g/mol. The fraction of sp³-hybridized carbons (Fsp3) is 0.0556. The van der Waals surface area contributed by atoms with E-state index in [2.05, 4.69) is 9.97 Å². The van der Waals surface area contributed by atoms with Crippen molar-refractivity contribution in [3.8, 4) is 11.9 Å². The van der Waals surface area contributed by atoms with Crippen molar-refractivity contribution in [1.82, 2.24) is 9.97 Å². The van der Waals surface area contributed by atoms with Crippen molar-refractivity contribution in [1.29, 1.82) is 5.26 Å². The minimum atomic E-state index is -0.723. The Morgan fingerprint density at radius 2 is 1.84 bits per heavy atom. The van der Waals surface area contributed by atoms with Gasteiger partial charge in [-0.25, -0.2) is 4.79 Å². The number of allylic oxidation sites excluding steroid dienone is 1. The van der Waals surface area contributed by atoms with Crippen molar-refractivity contribution in [2.75, 3.05) is 0 Å². The molecule has 0 fully saturated rings. The van der Waals surface area contributed by atoms with E-state index in [1.54, 1.807) is 0 Å². The molecule has 122 valence electrons. The largest absolute Gasteiger partial charge is 0.424 e. The summed E-state index contributed by atoms with van der Waals surface area (Å²) in [4.78, 5) is 28.5. The molecule has 1 aromatic heterocycles. The third-order valence-electron chi connectivity index (χ3n) is 4.23. The Balaban J connectivity index is 2.03.